The molecule has 18 heavy (non-hydrogen) atoms. The van der Waals surface area contributed by atoms with Crippen LogP contribution in [-0.2, 0) is 17.3 Å². The average Bonchev–Trinajstić information content (AvgIpc) is 2.35. The van der Waals surface area contributed by atoms with E-state index in [0.29, 0.717) is 12.3 Å². The summed E-state index contributed by atoms with van der Waals surface area (Å²) in [5.41, 5.74) is 1.05. The SMILES string of the molecule is COc1cc(CNCCC(C)S(C)=O)ccc1O. The van der Waals surface area contributed by atoms with Crippen molar-refractivity contribution < 1.29 is 14.1 Å². The van der Waals surface area contributed by atoms with Crippen molar-refractivity contribution in [3.05, 3.63) is 23.8 Å². The molecule has 102 valence electrons. The van der Waals surface area contributed by atoms with Crippen molar-refractivity contribution in [1.29, 1.82) is 0 Å². The Balaban J connectivity index is 2.38. The van der Waals surface area contributed by atoms with Crippen LogP contribution in [0.1, 0.15) is 18.9 Å². The highest BCUT2D eigenvalue weighted by molar-refractivity contribution is 7.84. The lowest BCUT2D eigenvalue weighted by Crippen LogP contribution is -2.20. The van der Waals surface area contributed by atoms with Crippen molar-refractivity contribution in [3.63, 3.8) is 0 Å². The molecule has 1 aromatic carbocycles. The number of nitrogens with one attached hydrogen (secondary N) is 1. The third kappa shape index (κ3) is 4.66. The summed E-state index contributed by atoms with van der Waals surface area (Å²) in [6.45, 7) is 3.52. The van der Waals surface area contributed by atoms with Crippen LogP contribution in [-0.4, -0.2) is 34.5 Å². The zero-order valence-corrected chi connectivity index (χ0v) is 11.9. The van der Waals surface area contributed by atoms with Crippen LogP contribution < -0.4 is 10.1 Å². The predicted octanol–water partition coefficient (Wildman–Crippen LogP) is 1.65. The molecule has 0 radical (unpaired) electrons. The lowest BCUT2D eigenvalue weighted by Gasteiger charge is -2.10. The monoisotopic (exact) mass is 271 g/mol. The van der Waals surface area contributed by atoms with E-state index < -0.39 is 10.8 Å². The Morgan fingerprint density at radius 3 is 2.83 bits per heavy atom. The van der Waals surface area contributed by atoms with Gasteiger partial charge >= 0.3 is 0 Å². The first-order valence-electron chi connectivity index (χ1n) is 5.93. The molecular formula is C13H21NO3S. The summed E-state index contributed by atoms with van der Waals surface area (Å²) in [5.74, 6) is 0.633. The number of phenols is 1. The fourth-order valence-corrected chi connectivity index (χ4v) is 1.99. The number of aromatic hydroxyl groups is 1. The van der Waals surface area contributed by atoms with Gasteiger partial charge in [-0.1, -0.05) is 13.0 Å². The highest BCUT2D eigenvalue weighted by Gasteiger charge is 2.05. The highest BCUT2D eigenvalue weighted by Crippen LogP contribution is 2.26. The standard InChI is InChI=1S/C13H21NO3S/c1-10(18(3)16)6-7-14-9-11-4-5-12(15)13(8-11)17-2/h4-5,8,10,14-15H,6-7,9H2,1-3H3. The van der Waals surface area contributed by atoms with Gasteiger partial charge in [0.1, 0.15) is 0 Å². The Morgan fingerprint density at radius 1 is 1.50 bits per heavy atom. The van der Waals surface area contributed by atoms with Crippen LogP contribution in [0.4, 0.5) is 0 Å². The summed E-state index contributed by atoms with van der Waals surface area (Å²) >= 11 is 0. The van der Waals surface area contributed by atoms with E-state index in [1.54, 1.807) is 12.3 Å². The first-order chi connectivity index (χ1) is 8.54. The Bertz CT molecular complexity index is 409. The number of rotatable bonds is 7. The van der Waals surface area contributed by atoms with Crippen molar-refractivity contribution in [2.24, 2.45) is 0 Å². The lowest BCUT2D eigenvalue weighted by atomic mass is 10.2. The van der Waals surface area contributed by atoms with Crippen LogP contribution in [0.15, 0.2) is 18.2 Å². The smallest absolute Gasteiger partial charge is 0.160 e. The third-order valence-electron chi connectivity index (χ3n) is 2.87. The lowest BCUT2D eigenvalue weighted by molar-refractivity contribution is 0.373. The van der Waals surface area contributed by atoms with E-state index in [4.69, 9.17) is 4.74 Å². The minimum atomic E-state index is -0.760. The average molecular weight is 271 g/mol. The summed E-state index contributed by atoms with van der Waals surface area (Å²) in [7, 11) is 0.773. The Morgan fingerprint density at radius 2 is 2.22 bits per heavy atom. The van der Waals surface area contributed by atoms with Gasteiger partial charge in [-0.25, -0.2) is 0 Å². The first kappa shape index (κ1) is 15.0. The van der Waals surface area contributed by atoms with Crippen LogP contribution in [0.25, 0.3) is 0 Å². The van der Waals surface area contributed by atoms with E-state index in [-0.39, 0.29) is 11.0 Å². The van der Waals surface area contributed by atoms with E-state index in [1.165, 1.54) is 7.11 Å². The summed E-state index contributed by atoms with van der Waals surface area (Å²) in [6.07, 6.45) is 2.62. The van der Waals surface area contributed by atoms with Crippen LogP contribution in [0.3, 0.4) is 0 Å². The minimum Gasteiger partial charge on any atom is -0.504 e. The molecule has 0 spiro atoms. The zero-order chi connectivity index (χ0) is 13.5. The van der Waals surface area contributed by atoms with Gasteiger partial charge in [0.05, 0.1) is 7.11 Å². The molecule has 0 aliphatic carbocycles. The Labute approximate surface area is 111 Å². The maximum Gasteiger partial charge on any atom is 0.160 e. The van der Waals surface area contributed by atoms with E-state index in [1.807, 2.05) is 19.1 Å². The van der Waals surface area contributed by atoms with Crippen LogP contribution in [0.5, 0.6) is 11.5 Å². The Hall–Kier alpha value is -1.07. The van der Waals surface area contributed by atoms with Gasteiger partial charge in [-0.05, 0) is 30.7 Å². The van der Waals surface area contributed by atoms with Gasteiger partial charge in [0.25, 0.3) is 0 Å². The summed E-state index contributed by atoms with van der Waals surface area (Å²) < 4.78 is 16.2. The fourth-order valence-electron chi connectivity index (χ4n) is 1.54. The second kappa shape index (κ2) is 7.38. The van der Waals surface area contributed by atoms with E-state index in [9.17, 15) is 9.32 Å². The molecule has 2 atom stereocenters. The largest absolute Gasteiger partial charge is 0.504 e. The number of methoxy groups -OCH3 is 1. The molecule has 0 fully saturated rings. The molecule has 0 aliphatic rings. The van der Waals surface area contributed by atoms with Crippen molar-refractivity contribution >= 4 is 10.8 Å². The van der Waals surface area contributed by atoms with Gasteiger partial charge in [-0.15, -0.1) is 0 Å². The van der Waals surface area contributed by atoms with Crippen LogP contribution >= 0.6 is 0 Å². The topological polar surface area (TPSA) is 58.6 Å². The van der Waals surface area contributed by atoms with Crippen molar-refractivity contribution in [3.8, 4) is 11.5 Å². The molecule has 0 aliphatic heterocycles. The van der Waals surface area contributed by atoms with Gasteiger partial charge in [0, 0.05) is 28.9 Å². The molecule has 2 N–H and O–H groups in total. The normalized spacial score (nSPS) is 14.2. The second-order valence-electron chi connectivity index (χ2n) is 4.28. The minimum absolute atomic E-state index is 0.149. The molecule has 0 amide bonds. The first-order valence-corrected chi connectivity index (χ1v) is 7.55. The molecule has 1 rings (SSSR count). The predicted molar refractivity (Wildman–Crippen MR) is 74.5 cm³/mol. The third-order valence-corrected chi connectivity index (χ3v) is 4.24. The maximum atomic E-state index is 11.2. The fraction of sp³-hybridized carbons (Fsp3) is 0.538. The Kier molecular flexibility index (Phi) is 6.15. The highest BCUT2D eigenvalue weighted by atomic mass is 32.2. The van der Waals surface area contributed by atoms with E-state index in [2.05, 4.69) is 5.32 Å². The molecule has 4 nitrogen and oxygen atoms in total. The molecule has 1 aromatic rings. The molecule has 0 bridgehead atoms. The number of benzene rings is 1. The van der Waals surface area contributed by atoms with E-state index >= 15 is 0 Å². The molecule has 5 heteroatoms. The maximum absolute atomic E-state index is 11.2. The molecular weight excluding hydrogens is 250 g/mol. The van der Waals surface area contributed by atoms with Gasteiger partial charge < -0.3 is 15.2 Å². The van der Waals surface area contributed by atoms with Crippen molar-refractivity contribution in [2.45, 2.75) is 25.1 Å². The molecule has 0 saturated heterocycles. The van der Waals surface area contributed by atoms with Gasteiger partial charge in [0.2, 0.25) is 0 Å². The van der Waals surface area contributed by atoms with E-state index in [0.717, 1.165) is 18.5 Å². The molecule has 0 saturated carbocycles. The number of hydrogen-bond donors (Lipinski definition) is 2. The number of ether oxygens (including phenoxy) is 1. The second-order valence-corrected chi connectivity index (χ2v) is 6.08. The van der Waals surface area contributed by atoms with Gasteiger partial charge in [-0.2, -0.15) is 0 Å². The van der Waals surface area contributed by atoms with Gasteiger partial charge in [-0.3, -0.25) is 4.21 Å². The van der Waals surface area contributed by atoms with Crippen molar-refractivity contribution in [1.82, 2.24) is 5.32 Å². The summed E-state index contributed by atoms with van der Waals surface area (Å²) in [6, 6.07) is 5.29. The van der Waals surface area contributed by atoms with Crippen LogP contribution in [0.2, 0.25) is 0 Å². The van der Waals surface area contributed by atoms with Crippen LogP contribution in [0, 0.1) is 0 Å². The molecule has 2 unspecified atom stereocenters. The molecule has 0 aromatic heterocycles. The zero-order valence-electron chi connectivity index (χ0n) is 11.1. The summed E-state index contributed by atoms with van der Waals surface area (Å²) in [4.78, 5) is 0. The number of phenolic OH excluding ortho intramolecular Hbond substituents is 1. The van der Waals surface area contributed by atoms with Crippen molar-refractivity contribution in [2.75, 3.05) is 19.9 Å². The summed E-state index contributed by atoms with van der Waals surface area (Å²) in [5, 5.41) is 13.0. The van der Waals surface area contributed by atoms with Gasteiger partial charge in [0.15, 0.2) is 11.5 Å². The quantitative estimate of drug-likeness (QED) is 0.740. The molecule has 0 heterocycles. The number of hydrogen-bond acceptors (Lipinski definition) is 4.